The van der Waals surface area contributed by atoms with E-state index in [4.69, 9.17) is 4.74 Å². The highest BCUT2D eigenvalue weighted by Crippen LogP contribution is 2.34. The Morgan fingerprint density at radius 1 is 1.32 bits per heavy atom. The maximum absolute atomic E-state index is 9.96. The normalized spacial score (nSPS) is 10.6. The Labute approximate surface area is 108 Å². The average molecular weight is 257 g/mol. The van der Waals surface area contributed by atoms with Crippen LogP contribution in [0.15, 0.2) is 30.7 Å². The topological polar surface area (TPSA) is 96.0 Å². The molecule has 1 aromatic carbocycles. The molecular weight excluding hydrogens is 246 g/mol. The number of aromatic amines is 1. The number of aromatic nitrogens is 4. The molecule has 96 valence electrons. The predicted molar refractivity (Wildman–Crippen MR) is 69.6 cm³/mol. The van der Waals surface area contributed by atoms with Crippen LogP contribution in [0, 0.1) is 0 Å². The Kier molecular flexibility index (Phi) is 2.64. The first-order valence-electron chi connectivity index (χ1n) is 5.57. The van der Waals surface area contributed by atoms with Gasteiger partial charge in [0.1, 0.15) is 5.52 Å². The summed E-state index contributed by atoms with van der Waals surface area (Å²) in [6.45, 7) is 0. The van der Waals surface area contributed by atoms with Crippen molar-refractivity contribution in [2.45, 2.75) is 0 Å². The number of rotatable bonds is 3. The molecule has 0 radical (unpaired) electrons. The van der Waals surface area contributed by atoms with Crippen LogP contribution in [0.2, 0.25) is 0 Å². The smallest absolute Gasteiger partial charge is 0.229 e. The first-order valence-corrected chi connectivity index (χ1v) is 5.57. The maximum atomic E-state index is 9.96. The third-order valence-electron chi connectivity index (χ3n) is 2.64. The molecule has 7 nitrogen and oxygen atoms in total. The SMILES string of the molecule is COc1cccc(Nc2ncc3[nH]cnc3n2)c1O. The van der Waals surface area contributed by atoms with Gasteiger partial charge in [-0.2, -0.15) is 4.98 Å². The minimum atomic E-state index is 0.00993. The van der Waals surface area contributed by atoms with Crippen LogP contribution >= 0.6 is 0 Å². The molecule has 0 saturated heterocycles. The standard InChI is InChI=1S/C12H11N5O2/c1-19-9-4-2-3-7(10(9)18)16-12-13-5-8-11(17-12)15-6-14-8/h2-6,18H,1H3,(H2,13,14,15,16,17). The lowest BCUT2D eigenvalue weighted by Gasteiger charge is -2.09. The Morgan fingerprint density at radius 3 is 3.05 bits per heavy atom. The van der Waals surface area contributed by atoms with Crippen LogP contribution in [0.3, 0.4) is 0 Å². The number of hydrogen-bond acceptors (Lipinski definition) is 6. The van der Waals surface area contributed by atoms with Gasteiger partial charge in [0, 0.05) is 0 Å². The third kappa shape index (κ3) is 2.01. The van der Waals surface area contributed by atoms with Crippen molar-refractivity contribution in [1.29, 1.82) is 0 Å². The number of phenols is 1. The number of para-hydroxylation sites is 1. The van der Waals surface area contributed by atoms with Gasteiger partial charge in [-0.05, 0) is 12.1 Å². The molecular formula is C12H11N5O2. The lowest BCUT2D eigenvalue weighted by molar-refractivity contribution is 0.374. The van der Waals surface area contributed by atoms with Gasteiger partial charge in [-0.3, -0.25) is 0 Å². The molecule has 0 atom stereocenters. The number of ether oxygens (including phenoxy) is 1. The van der Waals surface area contributed by atoms with Crippen molar-refractivity contribution in [3.63, 3.8) is 0 Å². The average Bonchev–Trinajstić information content (AvgIpc) is 2.88. The molecule has 7 heteroatoms. The van der Waals surface area contributed by atoms with Gasteiger partial charge in [-0.1, -0.05) is 6.07 Å². The monoisotopic (exact) mass is 257 g/mol. The lowest BCUT2D eigenvalue weighted by Crippen LogP contribution is -1.98. The van der Waals surface area contributed by atoms with Crippen LogP contribution < -0.4 is 10.1 Å². The van der Waals surface area contributed by atoms with Crippen LogP contribution in [0.25, 0.3) is 11.2 Å². The summed E-state index contributed by atoms with van der Waals surface area (Å²) < 4.78 is 5.03. The van der Waals surface area contributed by atoms with Crippen molar-refractivity contribution >= 4 is 22.8 Å². The molecule has 2 aromatic heterocycles. The molecule has 0 aliphatic heterocycles. The van der Waals surface area contributed by atoms with E-state index in [1.165, 1.54) is 7.11 Å². The van der Waals surface area contributed by atoms with Crippen molar-refractivity contribution in [3.05, 3.63) is 30.7 Å². The second kappa shape index (κ2) is 4.45. The number of nitrogens with one attached hydrogen (secondary N) is 2. The number of hydrogen-bond donors (Lipinski definition) is 3. The highest BCUT2D eigenvalue weighted by atomic mass is 16.5. The van der Waals surface area contributed by atoms with Crippen LogP contribution in [-0.2, 0) is 0 Å². The summed E-state index contributed by atoms with van der Waals surface area (Å²) in [4.78, 5) is 15.3. The predicted octanol–water partition coefficient (Wildman–Crippen LogP) is 1.81. The maximum Gasteiger partial charge on any atom is 0.229 e. The molecule has 0 aliphatic rings. The zero-order valence-electron chi connectivity index (χ0n) is 10.1. The number of anilines is 2. The summed E-state index contributed by atoms with van der Waals surface area (Å²) in [6, 6.07) is 5.13. The van der Waals surface area contributed by atoms with Gasteiger partial charge in [0.25, 0.3) is 0 Å². The van der Waals surface area contributed by atoms with Gasteiger partial charge in [0.2, 0.25) is 5.95 Å². The second-order valence-corrected chi connectivity index (χ2v) is 3.81. The summed E-state index contributed by atoms with van der Waals surface area (Å²) in [5.74, 6) is 0.740. The van der Waals surface area contributed by atoms with Crippen LogP contribution in [0.4, 0.5) is 11.6 Å². The highest BCUT2D eigenvalue weighted by Gasteiger charge is 2.09. The fourth-order valence-electron chi connectivity index (χ4n) is 1.70. The summed E-state index contributed by atoms with van der Waals surface area (Å²) in [5.41, 5.74) is 1.77. The van der Waals surface area contributed by atoms with E-state index < -0.39 is 0 Å². The van der Waals surface area contributed by atoms with Crippen molar-refractivity contribution in [2.24, 2.45) is 0 Å². The Bertz CT molecular complexity index is 725. The minimum absolute atomic E-state index is 0.00993. The van der Waals surface area contributed by atoms with E-state index in [9.17, 15) is 5.11 Å². The van der Waals surface area contributed by atoms with Gasteiger partial charge in [-0.25, -0.2) is 9.97 Å². The molecule has 19 heavy (non-hydrogen) atoms. The summed E-state index contributed by atoms with van der Waals surface area (Å²) in [6.07, 6.45) is 3.17. The van der Waals surface area contributed by atoms with E-state index in [-0.39, 0.29) is 5.75 Å². The third-order valence-corrected chi connectivity index (χ3v) is 2.64. The number of H-pyrrole nitrogens is 1. The molecule has 0 aliphatic carbocycles. The molecule has 3 N–H and O–H groups in total. The van der Waals surface area contributed by atoms with E-state index >= 15 is 0 Å². The first-order chi connectivity index (χ1) is 9.28. The lowest BCUT2D eigenvalue weighted by atomic mass is 10.2. The number of fused-ring (bicyclic) bond motifs is 1. The number of aromatic hydroxyl groups is 1. The molecule has 0 unspecified atom stereocenters. The molecule has 0 bridgehead atoms. The van der Waals surface area contributed by atoms with Gasteiger partial charge in [0.15, 0.2) is 17.1 Å². The van der Waals surface area contributed by atoms with E-state index in [0.717, 1.165) is 5.52 Å². The molecule has 2 heterocycles. The summed E-state index contributed by atoms with van der Waals surface area (Å²) in [7, 11) is 1.49. The number of imidazole rings is 1. The van der Waals surface area contributed by atoms with Crippen LogP contribution in [-0.4, -0.2) is 32.2 Å². The minimum Gasteiger partial charge on any atom is -0.503 e. The van der Waals surface area contributed by atoms with Crippen LogP contribution in [0.1, 0.15) is 0 Å². The number of benzene rings is 1. The first kappa shape index (κ1) is 11.3. The zero-order valence-corrected chi connectivity index (χ0v) is 10.1. The number of nitrogens with zero attached hydrogens (tertiary/aromatic N) is 3. The van der Waals surface area contributed by atoms with Crippen molar-refractivity contribution in [1.82, 2.24) is 19.9 Å². The van der Waals surface area contributed by atoms with Crippen molar-refractivity contribution < 1.29 is 9.84 Å². The van der Waals surface area contributed by atoms with Crippen LogP contribution in [0.5, 0.6) is 11.5 Å². The van der Waals surface area contributed by atoms with E-state index in [1.54, 1.807) is 30.7 Å². The zero-order chi connectivity index (χ0) is 13.2. The second-order valence-electron chi connectivity index (χ2n) is 3.81. The van der Waals surface area contributed by atoms with E-state index in [2.05, 4.69) is 25.3 Å². The molecule has 0 saturated carbocycles. The van der Waals surface area contributed by atoms with Gasteiger partial charge in [-0.15, -0.1) is 0 Å². The molecule has 0 spiro atoms. The fraction of sp³-hybridized carbons (Fsp3) is 0.0833. The van der Waals surface area contributed by atoms with Gasteiger partial charge >= 0.3 is 0 Å². The van der Waals surface area contributed by atoms with Gasteiger partial charge < -0.3 is 20.1 Å². The van der Waals surface area contributed by atoms with Crippen molar-refractivity contribution in [2.75, 3.05) is 12.4 Å². The molecule has 0 fully saturated rings. The van der Waals surface area contributed by atoms with Gasteiger partial charge in [0.05, 0.1) is 25.3 Å². The molecule has 3 aromatic rings. The Morgan fingerprint density at radius 2 is 2.21 bits per heavy atom. The summed E-state index contributed by atoms with van der Waals surface area (Å²) >= 11 is 0. The molecule has 0 amide bonds. The van der Waals surface area contributed by atoms with Crippen molar-refractivity contribution in [3.8, 4) is 11.5 Å². The largest absolute Gasteiger partial charge is 0.503 e. The number of phenolic OH excluding ortho intramolecular Hbond substituents is 1. The van der Waals surface area contributed by atoms with E-state index in [1.807, 2.05) is 0 Å². The Balaban J connectivity index is 1.96. The fourth-order valence-corrected chi connectivity index (χ4v) is 1.70. The Hall–Kier alpha value is -2.83. The quantitative estimate of drug-likeness (QED) is 0.619. The summed E-state index contributed by atoms with van der Waals surface area (Å²) in [5, 5.41) is 12.9. The van der Waals surface area contributed by atoms with E-state index in [0.29, 0.717) is 23.0 Å². The highest BCUT2D eigenvalue weighted by molar-refractivity contribution is 5.72. The number of methoxy groups -OCH3 is 1. The molecule has 3 rings (SSSR count).